The highest BCUT2D eigenvalue weighted by molar-refractivity contribution is 5.81. The fraction of sp³-hybridized carbons (Fsp3) is 0.368. The van der Waals surface area contributed by atoms with Gasteiger partial charge in [-0.2, -0.15) is 0 Å². The minimum atomic E-state index is 0.619. The largest absolute Gasteiger partial charge is 0.0653 e. The summed E-state index contributed by atoms with van der Waals surface area (Å²) in [5, 5.41) is 0. The zero-order valence-electron chi connectivity index (χ0n) is 11.9. The molecule has 0 saturated carbocycles. The number of hydrogen-bond acceptors (Lipinski definition) is 0. The van der Waals surface area contributed by atoms with Gasteiger partial charge in [0, 0.05) is 5.92 Å². The van der Waals surface area contributed by atoms with Gasteiger partial charge in [0.05, 0.1) is 0 Å². The Morgan fingerprint density at radius 1 is 0.842 bits per heavy atom. The second kappa shape index (κ2) is 5.21. The molecule has 1 atom stereocenters. The molecule has 0 nitrogen and oxygen atoms in total. The van der Waals surface area contributed by atoms with Crippen molar-refractivity contribution in [2.45, 2.75) is 45.4 Å². The van der Waals surface area contributed by atoms with Crippen molar-refractivity contribution < 1.29 is 0 Å². The van der Waals surface area contributed by atoms with E-state index in [-0.39, 0.29) is 0 Å². The van der Waals surface area contributed by atoms with Crippen LogP contribution in [0.25, 0.3) is 11.1 Å². The first-order valence-corrected chi connectivity index (χ1v) is 7.57. The van der Waals surface area contributed by atoms with Crippen LogP contribution in [0, 0.1) is 0 Å². The van der Waals surface area contributed by atoms with Gasteiger partial charge in [0.25, 0.3) is 0 Å². The minimum absolute atomic E-state index is 0.619. The lowest BCUT2D eigenvalue weighted by atomic mass is 9.91. The van der Waals surface area contributed by atoms with Crippen molar-refractivity contribution in [3.05, 3.63) is 59.2 Å². The maximum absolute atomic E-state index is 2.34. The summed E-state index contributed by atoms with van der Waals surface area (Å²) in [4.78, 5) is 0. The molecule has 3 rings (SSSR count). The molecule has 0 heteroatoms. The number of hydrogen-bond donors (Lipinski definition) is 0. The van der Waals surface area contributed by atoms with Gasteiger partial charge < -0.3 is 0 Å². The third-order valence-corrected chi connectivity index (χ3v) is 4.26. The van der Waals surface area contributed by atoms with Gasteiger partial charge in [0.2, 0.25) is 0 Å². The van der Waals surface area contributed by atoms with Crippen LogP contribution in [0.2, 0.25) is 0 Å². The van der Waals surface area contributed by atoms with Crippen molar-refractivity contribution in [1.82, 2.24) is 0 Å². The SMILES string of the molecule is CCCc1cccc2c1-c1ccccc1C2CCC. The fourth-order valence-corrected chi connectivity index (χ4v) is 3.51. The zero-order valence-corrected chi connectivity index (χ0v) is 11.9. The summed E-state index contributed by atoms with van der Waals surface area (Å²) >= 11 is 0. The minimum Gasteiger partial charge on any atom is -0.0653 e. The molecule has 0 spiro atoms. The third kappa shape index (κ3) is 2.00. The maximum Gasteiger partial charge on any atom is 0.0102 e. The van der Waals surface area contributed by atoms with E-state index in [1.54, 1.807) is 16.7 Å². The Kier molecular flexibility index (Phi) is 3.42. The Morgan fingerprint density at radius 2 is 1.63 bits per heavy atom. The third-order valence-electron chi connectivity index (χ3n) is 4.26. The van der Waals surface area contributed by atoms with E-state index in [0.717, 1.165) is 0 Å². The highest BCUT2D eigenvalue weighted by Gasteiger charge is 2.28. The molecule has 1 aliphatic rings. The Hall–Kier alpha value is -1.56. The zero-order chi connectivity index (χ0) is 13.2. The van der Waals surface area contributed by atoms with Crippen LogP contribution in [-0.4, -0.2) is 0 Å². The van der Waals surface area contributed by atoms with Crippen LogP contribution in [0.4, 0.5) is 0 Å². The van der Waals surface area contributed by atoms with Crippen molar-refractivity contribution in [2.24, 2.45) is 0 Å². The number of fused-ring (bicyclic) bond motifs is 3. The van der Waals surface area contributed by atoms with E-state index in [9.17, 15) is 0 Å². The lowest BCUT2D eigenvalue weighted by molar-refractivity contribution is 0.711. The topological polar surface area (TPSA) is 0 Å². The Bertz CT molecular complexity index is 580. The van der Waals surface area contributed by atoms with Crippen molar-refractivity contribution in [3.8, 4) is 11.1 Å². The van der Waals surface area contributed by atoms with Gasteiger partial charge in [0.1, 0.15) is 0 Å². The first-order valence-electron chi connectivity index (χ1n) is 7.57. The van der Waals surface area contributed by atoms with Gasteiger partial charge in [0.15, 0.2) is 0 Å². The van der Waals surface area contributed by atoms with Crippen LogP contribution in [-0.2, 0) is 6.42 Å². The summed E-state index contributed by atoms with van der Waals surface area (Å²) in [7, 11) is 0. The van der Waals surface area contributed by atoms with Crippen LogP contribution in [0.15, 0.2) is 42.5 Å². The molecule has 0 fully saturated rings. The lowest BCUT2D eigenvalue weighted by Crippen LogP contribution is -1.96. The van der Waals surface area contributed by atoms with Crippen molar-refractivity contribution >= 4 is 0 Å². The van der Waals surface area contributed by atoms with Crippen LogP contribution in [0.3, 0.4) is 0 Å². The predicted octanol–water partition coefficient (Wildman–Crippen LogP) is 5.55. The van der Waals surface area contributed by atoms with Crippen molar-refractivity contribution in [1.29, 1.82) is 0 Å². The normalized spacial score (nSPS) is 16.2. The van der Waals surface area contributed by atoms with Gasteiger partial charge >= 0.3 is 0 Å². The summed E-state index contributed by atoms with van der Waals surface area (Å²) in [5.74, 6) is 0.619. The summed E-state index contributed by atoms with van der Waals surface area (Å²) < 4.78 is 0. The predicted molar refractivity (Wildman–Crippen MR) is 82.6 cm³/mol. The molecule has 1 aliphatic carbocycles. The first kappa shape index (κ1) is 12.5. The van der Waals surface area contributed by atoms with Crippen molar-refractivity contribution in [2.75, 3.05) is 0 Å². The van der Waals surface area contributed by atoms with E-state index in [2.05, 4.69) is 56.3 Å². The smallest absolute Gasteiger partial charge is 0.0102 e. The standard InChI is InChI=1S/C19H22/c1-3-8-14-10-7-13-18-15(9-4-2)16-11-5-6-12-17(16)19(14)18/h5-7,10-13,15H,3-4,8-9H2,1-2H3. The van der Waals surface area contributed by atoms with Crippen LogP contribution in [0.5, 0.6) is 0 Å². The Labute approximate surface area is 116 Å². The highest BCUT2D eigenvalue weighted by Crippen LogP contribution is 2.48. The molecule has 2 aromatic carbocycles. The van der Waals surface area contributed by atoms with E-state index < -0.39 is 0 Å². The van der Waals surface area contributed by atoms with Gasteiger partial charge in [-0.3, -0.25) is 0 Å². The molecule has 19 heavy (non-hydrogen) atoms. The van der Waals surface area contributed by atoms with Gasteiger partial charge in [-0.1, -0.05) is 69.2 Å². The molecule has 1 unspecified atom stereocenters. The Balaban J connectivity index is 2.20. The van der Waals surface area contributed by atoms with Crippen LogP contribution >= 0.6 is 0 Å². The first-order chi connectivity index (χ1) is 9.36. The number of rotatable bonds is 4. The van der Waals surface area contributed by atoms with E-state index >= 15 is 0 Å². The molecule has 98 valence electrons. The molecule has 0 N–H and O–H groups in total. The van der Waals surface area contributed by atoms with E-state index in [1.807, 2.05) is 0 Å². The maximum atomic E-state index is 2.34. The summed E-state index contributed by atoms with van der Waals surface area (Å²) in [5.41, 5.74) is 7.67. The van der Waals surface area contributed by atoms with Crippen molar-refractivity contribution in [3.63, 3.8) is 0 Å². The molecule has 0 aromatic heterocycles. The van der Waals surface area contributed by atoms with Crippen LogP contribution < -0.4 is 0 Å². The van der Waals surface area contributed by atoms with E-state index in [0.29, 0.717) is 5.92 Å². The molecule has 2 aromatic rings. The molecule has 0 saturated heterocycles. The summed E-state index contributed by atoms with van der Waals surface area (Å²) in [6.45, 7) is 4.56. The number of aryl methyl sites for hydroxylation is 1. The van der Waals surface area contributed by atoms with Gasteiger partial charge in [-0.25, -0.2) is 0 Å². The van der Waals surface area contributed by atoms with Gasteiger partial charge in [-0.15, -0.1) is 0 Å². The average Bonchev–Trinajstić information content (AvgIpc) is 2.76. The molecule has 0 heterocycles. The monoisotopic (exact) mass is 250 g/mol. The highest BCUT2D eigenvalue weighted by atomic mass is 14.3. The fourth-order valence-electron chi connectivity index (χ4n) is 3.51. The van der Waals surface area contributed by atoms with E-state index in [1.165, 1.54) is 36.8 Å². The average molecular weight is 250 g/mol. The molecule has 0 radical (unpaired) electrons. The van der Waals surface area contributed by atoms with Crippen LogP contribution in [0.1, 0.15) is 55.7 Å². The van der Waals surface area contributed by atoms with Gasteiger partial charge in [-0.05, 0) is 40.7 Å². The molecule has 0 bridgehead atoms. The Morgan fingerprint density at radius 3 is 2.42 bits per heavy atom. The molecule has 0 amide bonds. The summed E-state index contributed by atoms with van der Waals surface area (Å²) in [6, 6.07) is 15.9. The second-order valence-electron chi connectivity index (χ2n) is 5.56. The molecule has 0 aliphatic heterocycles. The lowest BCUT2D eigenvalue weighted by Gasteiger charge is -2.12. The van der Waals surface area contributed by atoms with E-state index in [4.69, 9.17) is 0 Å². The second-order valence-corrected chi connectivity index (χ2v) is 5.56. The number of benzene rings is 2. The molecular weight excluding hydrogens is 228 g/mol. The molecular formula is C19H22. The summed E-state index contributed by atoms with van der Waals surface area (Å²) in [6.07, 6.45) is 4.92. The quantitative estimate of drug-likeness (QED) is 0.667.